The van der Waals surface area contributed by atoms with Gasteiger partial charge < -0.3 is 14.7 Å². The van der Waals surface area contributed by atoms with Gasteiger partial charge in [-0.15, -0.1) is 10.2 Å². The van der Waals surface area contributed by atoms with Crippen LogP contribution in [0.4, 0.5) is 5.95 Å². The van der Waals surface area contributed by atoms with Crippen molar-refractivity contribution in [2.45, 2.75) is 30.5 Å². The molecule has 0 unspecified atom stereocenters. The summed E-state index contributed by atoms with van der Waals surface area (Å²) in [5.41, 5.74) is 0. The average Bonchev–Trinajstić information content (AvgIpc) is 3.22. The van der Waals surface area contributed by atoms with Crippen LogP contribution in [-0.2, 0) is 9.53 Å². The molecule has 1 aromatic rings. The molecule has 0 bridgehead atoms. The van der Waals surface area contributed by atoms with Crippen LogP contribution in [0.15, 0.2) is 5.16 Å². The molecule has 0 radical (unpaired) electrons. The Balaban J connectivity index is 1.80. The molecule has 110 valence electrons. The number of carboxylic acids is 1. The van der Waals surface area contributed by atoms with E-state index >= 15 is 0 Å². The molecular formula is C12H18N4O3S. The second-order valence-electron chi connectivity index (χ2n) is 5.02. The summed E-state index contributed by atoms with van der Waals surface area (Å²) in [6.07, 6.45) is 3.22. The number of hydrogen-bond donors (Lipinski definition) is 1. The van der Waals surface area contributed by atoms with Crippen LogP contribution in [0.5, 0.6) is 0 Å². The van der Waals surface area contributed by atoms with Gasteiger partial charge in [-0.05, 0) is 19.3 Å². The summed E-state index contributed by atoms with van der Waals surface area (Å²) in [6.45, 7) is 3.21. The molecule has 0 aromatic carbocycles. The Morgan fingerprint density at radius 1 is 1.35 bits per heavy atom. The maximum Gasteiger partial charge on any atom is 0.313 e. The van der Waals surface area contributed by atoms with E-state index in [0.717, 1.165) is 50.1 Å². The van der Waals surface area contributed by atoms with Crippen molar-refractivity contribution in [1.29, 1.82) is 0 Å². The minimum Gasteiger partial charge on any atom is -0.481 e. The van der Waals surface area contributed by atoms with Crippen LogP contribution in [0.2, 0.25) is 0 Å². The molecular weight excluding hydrogens is 280 g/mol. The summed E-state index contributed by atoms with van der Waals surface area (Å²) >= 11 is 1.25. The first-order chi connectivity index (χ1) is 9.75. The molecule has 1 saturated heterocycles. The zero-order valence-electron chi connectivity index (χ0n) is 11.2. The Hall–Kier alpha value is -1.28. The standard InChI is InChI=1S/C12H18N4O3S/c17-10(18)8-20-12-14-13-11(16(12)9-2-3-9)15-4-1-6-19-7-5-15/h9H,1-8H2,(H,17,18). The highest BCUT2D eigenvalue weighted by molar-refractivity contribution is 7.99. The van der Waals surface area contributed by atoms with E-state index in [1.807, 2.05) is 0 Å². The van der Waals surface area contributed by atoms with Crippen molar-refractivity contribution >= 4 is 23.7 Å². The summed E-state index contributed by atoms with van der Waals surface area (Å²) < 4.78 is 7.58. The summed E-state index contributed by atoms with van der Waals surface area (Å²) in [6, 6.07) is 0.431. The van der Waals surface area contributed by atoms with Gasteiger partial charge in [-0.2, -0.15) is 0 Å². The Labute approximate surface area is 121 Å². The highest BCUT2D eigenvalue weighted by Gasteiger charge is 2.32. The molecule has 2 fully saturated rings. The first kappa shape index (κ1) is 13.7. The van der Waals surface area contributed by atoms with Crippen LogP contribution in [0, 0.1) is 0 Å². The number of aromatic nitrogens is 3. The van der Waals surface area contributed by atoms with Gasteiger partial charge in [-0.25, -0.2) is 0 Å². The van der Waals surface area contributed by atoms with E-state index in [9.17, 15) is 4.79 Å². The van der Waals surface area contributed by atoms with Crippen LogP contribution in [0.25, 0.3) is 0 Å². The van der Waals surface area contributed by atoms with Gasteiger partial charge >= 0.3 is 5.97 Å². The van der Waals surface area contributed by atoms with Crippen molar-refractivity contribution in [2.75, 3.05) is 37.0 Å². The highest BCUT2D eigenvalue weighted by Crippen LogP contribution is 2.40. The largest absolute Gasteiger partial charge is 0.481 e. The lowest BCUT2D eigenvalue weighted by Crippen LogP contribution is -2.29. The Bertz CT molecular complexity index is 481. The Morgan fingerprint density at radius 2 is 2.20 bits per heavy atom. The molecule has 1 N–H and O–H groups in total. The molecule has 1 aliphatic heterocycles. The maximum atomic E-state index is 10.7. The lowest BCUT2D eigenvalue weighted by molar-refractivity contribution is -0.133. The molecule has 2 aliphatic rings. The normalized spacial score (nSPS) is 19.9. The van der Waals surface area contributed by atoms with Gasteiger partial charge in [0.15, 0.2) is 5.16 Å². The van der Waals surface area contributed by atoms with Crippen molar-refractivity contribution < 1.29 is 14.6 Å². The van der Waals surface area contributed by atoms with Crippen molar-refractivity contribution in [2.24, 2.45) is 0 Å². The average molecular weight is 298 g/mol. The van der Waals surface area contributed by atoms with E-state index in [-0.39, 0.29) is 5.75 Å². The first-order valence-corrected chi connectivity index (χ1v) is 7.86. The third-order valence-electron chi connectivity index (χ3n) is 3.39. The van der Waals surface area contributed by atoms with E-state index in [1.165, 1.54) is 11.8 Å². The SMILES string of the molecule is O=C(O)CSc1nnc(N2CCCOCC2)n1C1CC1. The van der Waals surface area contributed by atoms with Crippen LogP contribution in [0.3, 0.4) is 0 Å². The smallest absolute Gasteiger partial charge is 0.313 e. The summed E-state index contributed by atoms with van der Waals surface area (Å²) in [5, 5.41) is 18.0. The fraction of sp³-hybridized carbons (Fsp3) is 0.750. The minimum absolute atomic E-state index is 0.0218. The van der Waals surface area contributed by atoms with Crippen molar-refractivity contribution in [3.63, 3.8) is 0 Å². The molecule has 0 spiro atoms. The van der Waals surface area contributed by atoms with E-state index in [1.54, 1.807) is 0 Å². The number of thioether (sulfide) groups is 1. The number of carbonyl (C=O) groups is 1. The number of hydrogen-bond acceptors (Lipinski definition) is 6. The molecule has 1 saturated carbocycles. The van der Waals surface area contributed by atoms with Gasteiger partial charge in [0.05, 0.1) is 12.4 Å². The van der Waals surface area contributed by atoms with E-state index in [2.05, 4.69) is 19.7 Å². The number of anilines is 1. The second kappa shape index (κ2) is 6.01. The zero-order chi connectivity index (χ0) is 13.9. The van der Waals surface area contributed by atoms with E-state index in [0.29, 0.717) is 12.6 Å². The molecule has 2 heterocycles. The van der Waals surface area contributed by atoms with Gasteiger partial charge in [-0.3, -0.25) is 9.36 Å². The van der Waals surface area contributed by atoms with Crippen LogP contribution >= 0.6 is 11.8 Å². The summed E-state index contributed by atoms with van der Waals surface area (Å²) in [4.78, 5) is 12.9. The van der Waals surface area contributed by atoms with Gasteiger partial charge in [0.2, 0.25) is 5.95 Å². The van der Waals surface area contributed by atoms with Crippen LogP contribution < -0.4 is 4.90 Å². The predicted molar refractivity (Wildman–Crippen MR) is 74.3 cm³/mol. The third-order valence-corrected chi connectivity index (χ3v) is 4.32. The van der Waals surface area contributed by atoms with E-state index in [4.69, 9.17) is 9.84 Å². The van der Waals surface area contributed by atoms with Crippen molar-refractivity contribution in [3.8, 4) is 0 Å². The van der Waals surface area contributed by atoms with E-state index < -0.39 is 5.97 Å². The lowest BCUT2D eigenvalue weighted by atomic mass is 10.4. The molecule has 1 aliphatic carbocycles. The number of ether oxygens (including phenoxy) is 1. The maximum absolute atomic E-state index is 10.7. The van der Waals surface area contributed by atoms with Crippen LogP contribution in [0.1, 0.15) is 25.3 Å². The van der Waals surface area contributed by atoms with Crippen LogP contribution in [-0.4, -0.2) is 57.9 Å². The molecule has 7 nitrogen and oxygen atoms in total. The number of carboxylic acid groups (broad SMARTS) is 1. The number of aliphatic carboxylic acids is 1. The molecule has 1 aromatic heterocycles. The van der Waals surface area contributed by atoms with Gasteiger partial charge in [-0.1, -0.05) is 11.8 Å². The molecule has 3 rings (SSSR count). The summed E-state index contributed by atoms with van der Waals surface area (Å²) in [7, 11) is 0. The lowest BCUT2D eigenvalue weighted by Gasteiger charge is -2.21. The third kappa shape index (κ3) is 3.06. The van der Waals surface area contributed by atoms with Gasteiger partial charge in [0.1, 0.15) is 0 Å². The zero-order valence-corrected chi connectivity index (χ0v) is 12.0. The second-order valence-corrected chi connectivity index (χ2v) is 5.96. The topological polar surface area (TPSA) is 80.5 Å². The molecule has 8 heteroatoms. The first-order valence-electron chi connectivity index (χ1n) is 6.88. The number of rotatable bonds is 5. The Kier molecular flexibility index (Phi) is 4.11. The predicted octanol–water partition coefficient (Wildman–Crippen LogP) is 1.02. The molecule has 0 atom stereocenters. The van der Waals surface area contributed by atoms with Gasteiger partial charge in [0.25, 0.3) is 0 Å². The fourth-order valence-corrected chi connectivity index (χ4v) is 3.03. The fourth-order valence-electron chi connectivity index (χ4n) is 2.31. The minimum atomic E-state index is -0.829. The highest BCUT2D eigenvalue weighted by atomic mass is 32.2. The quantitative estimate of drug-likeness (QED) is 0.813. The molecule has 20 heavy (non-hydrogen) atoms. The molecule has 0 amide bonds. The van der Waals surface area contributed by atoms with Crippen molar-refractivity contribution in [1.82, 2.24) is 14.8 Å². The van der Waals surface area contributed by atoms with Gasteiger partial charge in [0, 0.05) is 25.7 Å². The number of nitrogens with zero attached hydrogens (tertiary/aromatic N) is 4. The Morgan fingerprint density at radius 3 is 2.95 bits per heavy atom. The monoisotopic (exact) mass is 298 g/mol. The summed E-state index contributed by atoms with van der Waals surface area (Å²) in [5.74, 6) is 0.0597. The van der Waals surface area contributed by atoms with Crippen molar-refractivity contribution in [3.05, 3.63) is 0 Å².